The number of nitrogens with zero attached hydrogens (tertiary/aromatic N) is 3. The summed E-state index contributed by atoms with van der Waals surface area (Å²) in [5.74, 6) is 1.07. The van der Waals surface area contributed by atoms with E-state index in [2.05, 4.69) is 47.0 Å². The van der Waals surface area contributed by atoms with Crippen LogP contribution in [0.5, 0.6) is 0 Å². The quantitative estimate of drug-likeness (QED) is 0.888. The van der Waals surface area contributed by atoms with Crippen LogP contribution in [0, 0.1) is 0 Å². The van der Waals surface area contributed by atoms with Gasteiger partial charge in [0.15, 0.2) is 0 Å². The molecule has 2 heterocycles. The Hall–Kier alpha value is -1.16. The number of nitrogens with one attached hydrogen (secondary N) is 1. The Labute approximate surface area is 110 Å². The van der Waals surface area contributed by atoms with Crippen LogP contribution in [-0.2, 0) is 5.41 Å². The molecule has 0 atom stereocenters. The fraction of sp³-hybridized carbons (Fsp3) is 0.714. The summed E-state index contributed by atoms with van der Waals surface area (Å²) in [5.41, 5.74) is 1.27. The molecule has 4 nitrogen and oxygen atoms in total. The van der Waals surface area contributed by atoms with E-state index >= 15 is 0 Å². The molecule has 100 valence electrons. The summed E-state index contributed by atoms with van der Waals surface area (Å²) in [6, 6.07) is 2.16. The van der Waals surface area contributed by atoms with Crippen molar-refractivity contribution in [3.05, 3.63) is 18.1 Å². The Morgan fingerprint density at radius 3 is 2.89 bits per heavy atom. The minimum absolute atomic E-state index is 0.127. The van der Waals surface area contributed by atoms with Gasteiger partial charge in [-0.2, -0.15) is 0 Å². The van der Waals surface area contributed by atoms with E-state index in [0.29, 0.717) is 0 Å². The molecule has 0 amide bonds. The highest BCUT2D eigenvalue weighted by molar-refractivity contribution is 5.40. The summed E-state index contributed by atoms with van der Waals surface area (Å²) in [5, 5.41) is 3.42. The fourth-order valence-electron chi connectivity index (χ4n) is 2.15. The molecule has 4 heteroatoms. The summed E-state index contributed by atoms with van der Waals surface area (Å²) < 4.78 is 0. The van der Waals surface area contributed by atoms with Gasteiger partial charge in [0.1, 0.15) is 12.1 Å². The molecular weight excluding hydrogens is 224 g/mol. The van der Waals surface area contributed by atoms with E-state index in [0.717, 1.165) is 44.1 Å². The van der Waals surface area contributed by atoms with Gasteiger partial charge in [0, 0.05) is 31.1 Å². The standard InChI is InChI=1S/C14H24N4/c1-4-14(2,3)12-10-13(17-11-16-12)18-8-5-6-15-7-9-18/h10-11,15H,4-9H2,1-3H3. The van der Waals surface area contributed by atoms with Crippen molar-refractivity contribution in [2.75, 3.05) is 31.1 Å². The van der Waals surface area contributed by atoms with Crippen molar-refractivity contribution >= 4 is 5.82 Å². The van der Waals surface area contributed by atoms with E-state index in [1.165, 1.54) is 6.42 Å². The van der Waals surface area contributed by atoms with Crippen molar-refractivity contribution in [2.45, 2.75) is 39.0 Å². The van der Waals surface area contributed by atoms with Gasteiger partial charge in [0.05, 0.1) is 5.69 Å². The third-order valence-electron chi connectivity index (χ3n) is 3.89. The van der Waals surface area contributed by atoms with Crippen molar-refractivity contribution in [3.63, 3.8) is 0 Å². The molecule has 1 fully saturated rings. The second kappa shape index (κ2) is 5.65. The number of rotatable bonds is 3. The lowest BCUT2D eigenvalue weighted by Gasteiger charge is -2.25. The van der Waals surface area contributed by atoms with Gasteiger partial charge in [0.2, 0.25) is 0 Å². The molecule has 1 N–H and O–H groups in total. The van der Waals surface area contributed by atoms with Crippen LogP contribution in [0.1, 0.15) is 39.3 Å². The van der Waals surface area contributed by atoms with Crippen LogP contribution in [0.3, 0.4) is 0 Å². The zero-order valence-corrected chi connectivity index (χ0v) is 11.7. The van der Waals surface area contributed by atoms with E-state index in [4.69, 9.17) is 0 Å². The van der Waals surface area contributed by atoms with E-state index in [9.17, 15) is 0 Å². The van der Waals surface area contributed by atoms with Gasteiger partial charge in [-0.05, 0) is 19.4 Å². The molecule has 0 aliphatic carbocycles. The highest BCUT2D eigenvalue weighted by Gasteiger charge is 2.21. The smallest absolute Gasteiger partial charge is 0.132 e. The molecule has 1 saturated heterocycles. The molecule has 2 rings (SSSR count). The van der Waals surface area contributed by atoms with Gasteiger partial charge in [-0.1, -0.05) is 20.8 Å². The molecule has 0 radical (unpaired) electrons. The lowest BCUT2D eigenvalue weighted by molar-refractivity contribution is 0.489. The normalized spacial score (nSPS) is 17.6. The molecule has 0 bridgehead atoms. The van der Waals surface area contributed by atoms with Crippen molar-refractivity contribution in [3.8, 4) is 0 Å². The van der Waals surface area contributed by atoms with Gasteiger partial charge in [-0.15, -0.1) is 0 Å². The van der Waals surface area contributed by atoms with E-state index < -0.39 is 0 Å². The van der Waals surface area contributed by atoms with Crippen LogP contribution in [-0.4, -0.2) is 36.1 Å². The zero-order chi connectivity index (χ0) is 13.0. The molecular formula is C14H24N4. The summed E-state index contributed by atoms with van der Waals surface area (Å²) in [6.07, 6.45) is 3.97. The van der Waals surface area contributed by atoms with Crippen LogP contribution in [0.4, 0.5) is 5.82 Å². The highest BCUT2D eigenvalue weighted by atomic mass is 15.2. The van der Waals surface area contributed by atoms with Gasteiger partial charge in [-0.3, -0.25) is 0 Å². The van der Waals surface area contributed by atoms with E-state index in [1.54, 1.807) is 6.33 Å². The molecule has 0 spiro atoms. The Kier molecular flexibility index (Phi) is 4.17. The average Bonchev–Trinajstić information content (AvgIpc) is 2.68. The second-order valence-corrected chi connectivity index (χ2v) is 5.59. The molecule has 1 aliphatic heterocycles. The Bertz CT molecular complexity index is 381. The maximum absolute atomic E-state index is 4.45. The Morgan fingerprint density at radius 2 is 2.11 bits per heavy atom. The first-order chi connectivity index (χ1) is 8.63. The van der Waals surface area contributed by atoms with Crippen molar-refractivity contribution in [2.24, 2.45) is 0 Å². The number of hydrogen-bond donors (Lipinski definition) is 1. The third kappa shape index (κ3) is 2.99. The van der Waals surface area contributed by atoms with Gasteiger partial charge < -0.3 is 10.2 Å². The topological polar surface area (TPSA) is 41.0 Å². The Morgan fingerprint density at radius 1 is 1.28 bits per heavy atom. The molecule has 0 unspecified atom stereocenters. The van der Waals surface area contributed by atoms with Crippen LogP contribution in [0.25, 0.3) is 0 Å². The molecule has 0 saturated carbocycles. The SMILES string of the molecule is CCC(C)(C)c1cc(N2CCCNCC2)ncn1. The van der Waals surface area contributed by atoms with Crippen LogP contribution >= 0.6 is 0 Å². The third-order valence-corrected chi connectivity index (χ3v) is 3.89. The minimum Gasteiger partial charge on any atom is -0.355 e. The summed E-state index contributed by atoms with van der Waals surface area (Å²) >= 11 is 0. The van der Waals surface area contributed by atoms with Crippen molar-refractivity contribution in [1.29, 1.82) is 0 Å². The number of anilines is 1. The maximum atomic E-state index is 4.45. The van der Waals surface area contributed by atoms with E-state index in [-0.39, 0.29) is 5.41 Å². The predicted molar refractivity (Wildman–Crippen MR) is 75.0 cm³/mol. The number of hydrogen-bond acceptors (Lipinski definition) is 4. The molecule has 0 aromatic carbocycles. The van der Waals surface area contributed by atoms with Gasteiger partial charge in [-0.25, -0.2) is 9.97 Å². The molecule has 1 aliphatic rings. The highest BCUT2D eigenvalue weighted by Crippen LogP contribution is 2.26. The maximum Gasteiger partial charge on any atom is 0.132 e. The predicted octanol–water partition coefficient (Wildman–Crippen LogP) is 1.96. The van der Waals surface area contributed by atoms with Crippen molar-refractivity contribution < 1.29 is 0 Å². The minimum atomic E-state index is 0.127. The van der Waals surface area contributed by atoms with Crippen LogP contribution in [0.15, 0.2) is 12.4 Å². The average molecular weight is 248 g/mol. The molecule has 1 aromatic heterocycles. The van der Waals surface area contributed by atoms with Crippen LogP contribution < -0.4 is 10.2 Å². The lowest BCUT2D eigenvalue weighted by Crippen LogP contribution is -2.29. The first-order valence-corrected chi connectivity index (χ1v) is 6.91. The van der Waals surface area contributed by atoms with Crippen LogP contribution in [0.2, 0.25) is 0 Å². The van der Waals surface area contributed by atoms with Gasteiger partial charge in [0.25, 0.3) is 0 Å². The van der Waals surface area contributed by atoms with Gasteiger partial charge >= 0.3 is 0 Å². The monoisotopic (exact) mass is 248 g/mol. The molecule has 1 aromatic rings. The first kappa shape index (κ1) is 13.3. The summed E-state index contributed by atoms with van der Waals surface area (Å²) in [7, 11) is 0. The lowest BCUT2D eigenvalue weighted by atomic mass is 9.86. The second-order valence-electron chi connectivity index (χ2n) is 5.59. The van der Waals surface area contributed by atoms with E-state index in [1.807, 2.05) is 0 Å². The zero-order valence-electron chi connectivity index (χ0n) is 11.7. The molecule has 18 heavy (non-hydrogen) atoms. The Balaban J connectivity index is 2.20. The van der Waals surface area contributed by atoms with Crippen molar-refractivity contribution in [1.82, 2.24) is 15.3 Å². The number of aromatic nitrogens is 2. The first-order valence-electron chi connectivity index (χ1n) is 6.91. The summed E-state index contributed by atoms with van der Waals surface area (Å²) in [4.78, 5) is 11.2. The largest absolute Gasteiger partial charge is 0.355 e. The summed E-state index contributed by atoms with van der Waals surface area (Å²) in [6.45, 7) is 10.9. The fourth-order valence-corrected chi connectivity index (χ4v) is 2.15.